The molecular formula is C27H20N4O6S. The smallest absolute Gasteiger partial charge is 0.353 e. The van der Waals surface area contributed by atoms with Crippen LogP contribution in [0.25, 0.3) is 11.3 Å². The van der Waals surface area contributed by atoms with Crippen molar-refractivity contribution in [1.82, 2.24) is 10.2 Å². The summed E-state index contributed by atoms with van der Waals surface area (Å²) < 4.78 is 28.1. The van der Waals surface area contributed by atoms with Crippen LogP contribution in [-0.2, 0) is 0 Å². The number of carbonyl (C=O) groups is 1. The molecule has 0 aliphatic carbocycles. The molecule has 4 heterocycles. The quantitative estimate of drug-likeness (QED) is 0.269. The molecule has 0 spiro atoms. The lowest BCUT2D eigenvalue weighted by Gasteiger charge is -2.25. The largest absolute Gasteiger partial charge is 0.490 e. The van der Waals surface area contributed by atoms with Gasteiger partial charge in [0.05, 0.1) is 23.8 Å². The molecule has 0 fully saturated rings. The molecule has 2 aromatic heterocycles. The number of aromatic amines is 1. The standard InChI is InChI=1S/C27H20N4O6S/c1-2-33-20-10-14(5-8-18(20)36-27(32)21-4-3-9-38-21)22-16(12-28)25(29)37-26-23(22)24(30-31-26)15-6-7-17-19(11-15)35-13-34-17/h3-11,22H,2,13,29H2,1H3,(H,30,31). The van der Waals surface area contributed by atoms with Gasteiger partial charge in [-0.1, -0.05) is 12.1 Å². The number of thiophene rings is 1. The Labute approximate surface area is 220 Å². The fourth-order valence-electron chi connectivity index (χ4n) is 4.45. The number of H-pyrrole nitrogens is 1. The van der Waals surface area contributed by atoms with Crippen molar-refractivity contribution in [3.63, 3.8) is 0 Å². The normalized spacial score (nSPS) is 15.4. The van der Waals surface area contributed by atoms with Crippen molar-refractivity contribution in [3.8, 4) is 46.2 Å². The zero-order valence-corrected chi connectivity index (χ0v) is 20.8. The number of fused-ring (bicyclic) bond motifs is 2. The predicted molar refractivity (Wildman–Crippen MR) is 136 cm³/mol. The van der Waals surface area contributed by atoms with Crippen LogP contribution in [0.4, 0.5) is 0 Å². The van der Waals surface area contributed by atoms with E-state index in [1.807, 2.05) is 25.1 Å². The van der Waals surface area contributed by atoms with Crippen molar-refractivity contribution >= 4 is 17.3 Å². The lowest BCUT2D eigenvalue weighted by Crippen LogP contribution is -2.21. The van der Waals surface area contributed by atoms with E-state index in [-0.39, 0.29) is 29.9 Å². The molecule has 1 atom stereocenters. The van der Waals surface area contributed by atoms with Crippen LogP contribution in [0.1, 0.15) is 33.6 Å². The molecule has 10 nitrogen and oxygen atoms in total. The lowest BCUT2D eigenvalue weighted by atomic mass is 9.83. The van der Waals surface area contributed by atoms with E-state index in [4.69, 9.17) is 29.4 Å². The topological polar surface area (TPSA) is 142 Å². The number of aromatic nitrogens is 2. The van der Waals surface area contributed by atoms with Gasteiger partial charge in [0.15, 0.2) is 23.0 Å². The number of nitriles is 1. The summed E-state index contributed by atoms with van der Waals surface area (Å²) >= 11 is 1.29. The summed E-state index contributed by atoms with van der Waals surface area (Å²) in [6.45, 7) is 2.31. The van der Waals surface area contributed by atoms with Gasteiger partial charge in [0.1, 0.15) is 16.5 Å². The van der Waals surface area contributed by atoms with E-state index >= 15 is 0 Å². The van der Waals surface area contributed by atoms with Crippen molar-refractivity contribution in [2.75, 3.05) is 13.4 Å². The molecule has 0 saturated carbocycles. The molecule has 2 aliphatic heterocycles. The van der Waals surface area contributed by atoms with Crippen molar-refractivity contribution in [1.29, 1.82) is 5.26 Å². The molecular weight excluding hydrogens is 508 g/mol. The van der Waals surface area contributed by atoms with Gasteiger partial charge in [0.25, 0.3) is 0 Å². The van der Waals surface area contributed by atoms with Gasteiger partial charge in [-0.2, -0.15) is 5.26 Å². The van der Waals surface area contributed by atoms with Gasteiger partial charge < -0.3 is 29.4 Å². The first-order valence-electron chi connectivity index (χ1n) is 11.7. The summed E-state index contributed by atoms with van der Waals surface area (Å²) in [7, 11) is 0. The Morgan fingerprint density at radius 1 is 1.21 bits per heavy atom. The number of hydrogen-bond acceptors (Lipinski definition) is 10. The van der Waals surface area contributed by atoms with Crippen LogP contribution in [0.5, 0.6) is 28.9 Å². The van der Waals surface area contributed by atoms with E-state index in [2.05, 4.69) is 16.3 Å². The Kier molecular flexibility index (Phi) is 5.86. The molecule has 0 bridgehead atoms. The van der Waals surface area contributed by atoms with Crippen molar-refractivity contribution in [2.45, 2.75) is 12.8 Å². The second kappa shape index (κ2) is 9.49. The highest BCUT2D eigenvalue weighted by Gasteiger charge is 2.36. The summed E-state index contributed by atoms with van der Waals surface area (Å²) in [6.07, 6.45) is 0. The number of allylic oxidation sites excluding steroid dienone is 1. The highest BCUT2D eigenvalue weighted by atomic mass is 32.1. The molecule has 0 saturated heterocycles. The third-order valence-corrected chi connectivity index (χ3v) is 6.98. The van der Waals surface area contributed by atoms with Gasteiger partial charge >= 0.3 is 5.97 Å². The highest BCUT2D eigenvalue weighted by molar-refractivity contribution is 7.12. The Morgan fingerprint density at radius 2 is 2.08 bits per heavy atom. The molecule has 0 amide bonds. The summed E-state index contributed by atoms with van der Waals surface area (Å²) in [5.74, 6) is 0.959. The zero-order chi connectivity index (χ0) is 26.2. The fraction of sp³-hybridized carbons (Fsp3) is 0.148. The van der Waals surface area contributed by atoms with E-state index in [0.717, 1.165) is 5.56 Å². The van der Waals surface area contributed by atoms with Crippen LogP contribution in [0.3, 0.4) is 0 Å². The van der Waals surface area contributed by atoms with Crippen LogP contribution in [0.2, 0.25) is 0 Å². The number of hydrogen-bond donors (Lipinski definition) is 2. The molecule has 2 aromatic carbocycles. The number of nitrogens with two attached hydrogens (primary N) is 1. The molecule has 2 aliphatic rings. The number of carbonyl (C=O) groups excluding carboxylic acids is 1. The van der Waals surface area contributed by atoms with E-state index < -0.39 is 11.9 Å². The van der Waals surface area contributed by atoms with Gasteiger partial charge in [0.2, 0.25) is 18.6 Å². The molecule has 190 valence electrons. The van der Waals surface area contributed by atoms with Crippen LogP contribution in [0, 0.1) is 11.3 Å². The van der Waals surface area contributed by atoms with Gasteiger partial charge in [-0.25, -0.2) is 4.79 Å². The predicted octanol–water partition coefficient (Wildman–Crippen LogP) is 4.70. The number of ether oxygens (including phenoxy) is 5. The Morgan fingerprint density at radius 3 is 2.87 bits per heavy atom. The number of rotatable bonds is 6. The number of benzene rings is 2. The summed E-state index contributed by atoms with van der Waals surface area (Å²) in [6, 6.07) is 16.3. The van der Waals surface area contributed by atoms with E-state index in [1.165, 1.54) is 11.3 Å². The number of nitrogens with zero attached hydrogens (tertiary/aromatic N) is 2. The summed E-state index contributed by atoms with van der Waals surface area (Å²) in [5.41, 5.74) is 9.06. The Bertz CT molecular complexity index is 1620. The Balaban J connectivity index is 1.44. The fourth-order valence-corrected chi connectivity index (χ4v) is 5.05. The minimum Gasteiger partial charge on any atom is -0.490 e. The maximum absolute atomic E-state index is 12.6. The molecule has 11 heteroatoms. The van der Waals surface area contributed by atoms with Gasteiger partial charge in [-0.3, -0.25) is 5.10 Å². The van der Waals surface area contributed by atoms with Gasteiger partial charge in [0, 0.05) is 5.56 Å². The first-order valence-corrected chi connectivity index (χ1v) is 12.5. The SMILES string of the molecule is CCOc1cc(C2C(C#N)=C(N)Oc3n[nH]c(-c4ccc5c(c4)OCO5)c32)ccc1OC(=O)c1cccs1. The van der Waals surface area contributed by atoms with Crippen molar-refractivity contribution < 1.29 is 28.5 Å². The monoisotopic (exact) mass is 528 g/mol. The third kappa shape index (κ3) is 3.97. The molecule has 38 heavy (non-hydrogen) atoms. The average Bonchev–Trinajstić information content (AvgIpc) is 3.69. The second-order valence-corrected chi connectivity index (χ2v) is 9.26. The molecule has 1 unspecified atom stereocenters. The van der Waals surface area contributed by atoms with Crippen LogP contribution in [0.15, 0.2) is 65.4 Å². The molecule has 6 rings (SSSR count). The molecule has 3 N–H and O–H groups in total. The minimum absolute atomic E-state index is 0.0418. The highest BCUT2D eigenvalue weighted by Crippen LogP contribution is 2.48. The number of esters is 1. The van der Waals surface area contributed by atoms with E-state index in [9.17, 15) is 10.1 Å². The van der Waals surface area contributed by atoms with Crippen molar-refractivity contribution in [3.05, 3.63) is 81.4 Å². The van der Waals surface area contributed by atoms with Crippen molar-refractivity contribution in [2.24, 2.45) is 5.73 Å². The van der Waals surface area contributed by atoms with E-state index in [1.54, 1.807) is 35.7 Å². The third-order valence-electron chi connectivity index (χ3n) is 6.13. The maximum Gasteiger partial charge on any atom is 0.353 e. The second-order valence-electron chi connectivity index (χ2n) is 8.32. The zero-order valence-electron chi connectivity index (χ0n) is 20.0. The number of nitrogens with one attached hydrogen (secondary N) is 1. The van der Waals surface area contributed by atoms with Gasteiger partial charge in [-0.15, -0.1) is 16.4 Å². The first kappa shape index (κ1) is 23.4. The maximum atomic E-state index is 12.6. The first-order chi connectivity index (χ1) is 18.6. The van der Waals surface area contributed by atoms with Crippen LogP contribution >= 0.6 is 11.3 Å². The van der Waals surface area contributed by atoms with Gasteiger partial charge in [-0.05, 0) is 54.3 Å². The lowest BCUT2D eigenvalue weighted by molar-refractivity contribution is 0.0733. The minimum atomic E-state index is -0.635. The summed E-state index contributed by atoms with van der Waals surface area (Å²) in [4.78, 5) is 13.1. The van der Waals surface area contributed by atoms with Crippen LogP contribution in [-0.4, -0.2) is 29.6 Å². The molecule has 4 aromatic rings. The van der Waals surface area contributed by atoms with Crippen LogP contribution < -0.4 is 29.4 Å². The van der Waals surface area contributed by atoms with E-state index in [0.29, 0.717) is 45.6 Å². The summed E-state index contributed by atoms with van der Waals surface area (Å²) in [5, 5.41) is 19.2. The average molecular weight is 529 g/mol. The Hall–Kier alpha value is -4.95. The molecule has 0 radical (unpaired) electrons.